The molecule has 0 unspecified atom stereocenters. The molecule has 0 bridgehead atoms. The predicted octanol–water partition coefficient (Wildman–Crippen LogP) is 2.23. The summed E-state index contributed by atoms with van der Waals surface area (Å²) in [5.41, 5.74) is 1.20. The second kappa shape index (κ2) is 3.47. The molecule has 2 heterocycles. The smallest absolute Gasteiger partial charge is 0.133 e. The van der Waals surface area contributed by atoms with E-state index in [2.05, 4.69) is 42.6 Å². The van der Waals surface area contributed by atoms with Crippen molar-refractivity contribution in [3.8, 4) is 0 Å². The van der Waals surface area contributed by atoms with Crippen LogP contribution in [-0.2, 0) is 5.41 Å². The third kappa shape index (κ3) is 2.11. The van der Waals surface area contributed by atoms with Crippen LogP contribution in [0, 0.1) is 5.92 Å². The van der Waals surface area contributed by atoms with Gasteiger partial charge in [0.1, 0.15) is 5.82 Å². The van der Waals surface area contributed by atoms with E-state index in [9.17, 15) is 0 Å². The van der Waals surface area contributed by atoms with Crippen molar-refractivity contribution in [2.75, 3.05) is 18.0 Å². The predicted molar refractivity (Wildman–Crippen MR) is 62.1 cm³/mol. The highest BCUT2D eigenvalue weighted by Gasteiger charge is 2.24. The fourth-order valence-corrected chi connectivity index (χ4v) is 1.78. The van der Waals surface area contributed by atoms with Gasteiger partial charge in [0.05, 0.1) is 18.1 Å². The zero-order valence-electron chi connectivity index (χ0n) is 9.99. The van der Waals surface area contributed by atoms with E-state index in [0.29, 0.717) is 0 Å². The van der Waals surface area contributed by atoms with Gasteiger partial charge in [-0.05, 0) is 5.92 Å². The second-order valence-corrected chi connectivity index (χ2v) is 5.53. The lowest BCUT2D eigenvalue weighted by molar-refractivity contribution is 0.445. The van der Waals surface area contributed by atoms with Gasteiger partial charge in [-0.2, -0.15) is 0 Å². The van der Waals surface area contributed by atoms with Crippen molar-refractivity contribution >= 4 is 5.69 Å². The third-order valence-electron chi connectivity index (χ3n) is 2.74. The Labute approximate surface area is 91.5 Å². The Kier molecular flexibility index (Phi) is 2.41. The van der Waals surface area contributed by atoms with Gasteiger partial charge in [0.25, 0.3) is 0 Å². The van der Waals surface area contributed by atoms with E-state index < -0.39 is 0 Å². The SMILES string of the molecule is CC1CN(c2cnc(C(C)(C)C)nc2)C1. The number of rotatable bonds is 1. The average Bonchev–Trinajstić information content (AvgIpc) is 2.12. The lowest BCUT2D eigenvalue weighted by Gasteiger charge is -2.38. The Balaban J connectivity index is 2.11. The van der Waals surface area contributed by atoms with E-state index >= 15 is 0 Å². The Morgan fingerprint density at radius 2 is 1.73 bits per heavy atom. The molecule has 1 aliphatic rings. The normalized spacial score (nSPS) is 17.7. The fourth-order valence-electron chi connectivity index (χ4n) is 1.78. The van der Waals surface area contributed by atoms with Gasteiger partial charge in [0.15, 0.2) is 0 Å². The molecule has 0 aromatic carbocycles. The zero-order valence-corrected chi connectivity index (χ0v) is 9.99. The Hall–Kier alpha value is -1.12. The first-order chi connectivity index (χ1) is 6.97. The van der Waals surface area contributed by atoms with Gasteiger partial charge >= 0.3 is 0 Å². The summed E-state index contributed by atoms with van der Waals surface area (Å²) in [6.45, 7) is 10.9. The van der Waals surface area contributed by atoms with E-state index in [-0.39, 0.29) is 5.41 Å². The van der Waals surface area contributed by atoms with Crippen molar-refractivity contribution < 1.29 is 0 Å². The van der Waals surface area contributed by atoms with Gasteiger partial charge in [-0.15, -0.1) is 0 Å². The Morgan fingerprint density at radius 1 is 1.20 bits per heavy atom. The number of hydrogen-bond acceptors (Lipinski definition) is 3. The highest BCUT2D eigenvalue weighted by atomic mass is 15.2. The van der Waals surface area contributed by atoms with Crippen LogP contribution in [0.25, 0.3) is 0 Å². The molecular formula is C12H19N3. The topological polar surface area (TPSA) is 29.0 Å². The van der Waals surface area contributed by atoms with Crippen LogP contribution in [0.1, 0.15) is 33.5 Å². The summed E-state index contributed by atoms with van der Waals surface area (Å²) in [7, 11) is 0. The van der Waals surface area contributed by atoms with Crippen LogP contribution in [0.3, 0.4) is 0 Å². The van der Waals surface area contributed by atoms with Crippen molar-refractivity contribution in [2.45, 2.75) is 33.1 Å². The molecule has 1 saturated heterocycles. The molecule has 1 aromatic heterocycles. The second-order valence-electron chi connectivity index (χ2n) is 5.53. The summed E-state index contributed by atoms with van der Waals surface area (Å²) in [5, 5.41) is 0. The molecule has 0 aliphatic carbocycles. The van der Waals surface area contributed by atoms with Crippen molar-refractivity contribution in [3.05, 3.63) is 18.2 Å². The van der Waals surface area contributed by atoms with Crippen molar-refractivity contribution in [3.63, 3.8) is 0 Å². The summed E-state index contributed by atoms with van der Waals surface area (Å²) in [5.74, 6) is 1.73. The van der Waals surface area contributed by atoms with Gasteiger partial charge in [-0.3, -0.25) is 0 Å². The molecule has 0 N–H and O–H groups in total. The van der Waals surface area contributed by atoms with E-state index in [4.69, 9.17) is 0 Å². The third-order valence-corrected chi connectivity index (χ3v) is 2.74. The van der Waals surface area contributed by atoms with Gasteiger partial charge in [-0.1, -0.05) is 27.7 Å². The van der Waals surface area contributed by atoms with E-state index in [1.807, 2.05) is 12.4 Å². The average molecular weight is 205 g/mol. The lowest BCUT2D eigenvalue weighted by Crippen LogP contribution is -2.45. The molecule has 1 aliphatic heterocycles. The van der Waals surface area contributed by atoms with Crippen LogP contribution in [0.4, 0.5) is 5.69 Å². The highest BCUT2D eigenvalue weighted by molar-refractivity contribution is 5.44. The maximum atomic E-state index is 4.43. The lowest BCUT2D eigenvalue weighted by atomic mass is 9.96. The molecule has 1 fully saturated rings. The first-order valence-corrected chi connectivity index (χ1v) is 5.54. The van der Waals surface area contributed by atoms with E-state index in [0.717, 1.165) is 30.5 Å². The fraction of sp³-hybridized carbons (Fsp3) is 0.667. The van der Waals surface area contributed by atoms with Gasteiger partial charge in [0.2, 0.25) is 0 Å². The van der Waals surface area contributed by atoms with Crippen molar-refractivity contribution in [2.24, 2.45) is 5.92 Å². The minimum atomic E-state index is 0.0424. The number of hydrogen-bond donors (Lipinski definition) is 0. The maximum absolute atomic E-state index is 4.43. The van der Waals surface area contributed by atoms with Crippen LogP contribution in [0.2, 0.25) is 0 Å². The number of nitrogens with zero attached hydrogens (tertiary/aromatic N) is 3. The molecule has 0 radical (unpaired) electrons. The molecule has 15 heavy (non-hydrogen) atoms. The first kappa shape index (κ1) is 10.4. The maximum Gasteiger partial charge on any atom is 0.133 e. The molecule has 0 saturated carbocycles. The monoisotopic (exact) mass is 205 g/mol. The Bertz CT molecular complexity index is 331. The number of anilines is 1. The molecule has 0 spiro atoms. The van der Waals surface area contributed by atoms with Gasteiger partial charge in [-0.25, -0.2) is 9.97 Å². The van der Waals surface area contributed by atoms with E-state index in [1.165, 1.54) is 0 Å². The minimum Gasteiger partial charge on any atom is -0.368 e. The summed E-state index contributed by atoms with van der Waals surface area (Å²) >= 11 is 0. The molecular weight excluding hydrogens is 186 g/mol. The number of aromatic nitrogens is 2. The molecule has 3 nitrogen and oxygen atoms in total. The molecule has 3 heteroatoms. The molecule has 1 aromatic rings. The van der Waals surface area contributed by atoms with Crippen LogP contribution in [-0.4, -0.2) is 23.1 Å². The zero-order chi connectivity index (χ0) is 11.1. The first-order valence-electron chi connectivity index (χ1n) is 5.54. The summed E-state index contributed by atoms with van der Waals surface area (Å²) in [4.78, 5) is 11.2. The highest BCUT2D eigenvalue weighted by Crippen LogP contribution is 2.24. The van der Waals surface area contributed by atoms with Gasteiger partial charge < -0.3 is 4.90 Å². The summed E-state index contributed by atoms with van der Waals surface area (Å²) < 4.78 is 0. The van der Waals surface area contributed by atoms with Crippen molar-refractivity contribution in [1.82, 2.24) is 9.97 Å². The standard InChI is InChI=1S/C12H19N3/c1-9-7-15(8-9)10-5-13-11(14-6-10)12(2,3)4/h5-6,9H,7-8H2,1-4H3. The molecule has 0 amide bonds. The van der Waals surface area contributed by atoms with Crippen LogP contribution >= 0.6 is 0 Å². The molecule has 82 valence electrons. The van der Waals surface area contributed by atoms with Crippen LogP contribution in [0.5, 0.6) is 0 Å². The quantitative estimate of drug-likeness (QED) is 0.704. The largest absolute Gasteiger partial charge is 0.368 e. The minimum absolute atomic E-state index is 0.0424. The van der Waals surface area contributed by atoms with Crippen molar-refractivity contribution in [1.29, 1.82) is 0 Å². The molecule has 0 atom stereocenters. The summed E-state index contributed by atoms with van der Waals surface area (Å²) in [6.07, 6.45) is 3.89. The van der Waals surface area contributed by atoms with E-state index in [1.54, 1.807) is 0 Å². The van der Waals surface area contributed by atoms with Gasteiger partial charge in [0, 0.05) is 18.5 Å². The van der Waals surface area contributed by atoms with Crippen LogP contribution < -0.4 is 4.90 Å². The summed E-state index contributed by atoms with van der Waals surface area (Å²) in [6, 6.07) is 0. The van der Waals surface area contributed by atoms with Crippen LogP contribution in [0.15, 0.2) is 12.4 Å². The Morgan fingerprint density at radius 3 is 2.13 bits per heavy atom. The molecule has 2 rings (SSSR count).